The van der Waals surface area contributed by atoms with E-state index in [2.05, 4.69) is 4.72 Å². The highest BCUT2D eigenvalue weighted by Crippen LogP contribution is 2.17. The van der Waals surface area contributed by atoms with E-state index in [1.165, 1.54) is 12.1 Å². The summed E-state index contributed by atoms with van der Waals surface area (Å²) in [7, 11) is -3.57. The molecule has 0 aromatic heterocycles. The Bertz CT molecular complexity index is 501. The standard InChI is InChI=1S/C12H16FNO3S/c1-9-8-11(6-7-17-9)14-18(15,16)12-4-2-10(13)3-5-12/h2-5,9,11,14H,6-8H2,1H3. The summed E-state index contributed by atoms with van der Waals surface area (Å²) in [6, 6.07) is 4.69. The molecule has 1 heterocycles. The van der Waals surface area contributed by atoms with Crippen LogP contribution in [0.15, 0.2) is 29.2 Å². The van der Waals surface area contributed by atoms with Gasteiger partial charge in [0, 0.05) is 12.6 Å². The summed E-state index contributed by atoms with van der Waals surface area (Å²) in [4.78, 5) is 0.0862. The van der Waals surface area contributed by atoms with E-state index in [-0.39, 0.29) is 17.0 Å². The van der Waals surface area contributed by atoms with Gasteiger partial charge in [-0.3, -0.25) is 0 Å². The van der Waals surface area contributed by atoms with Crippen molar-refractivity contribution in [3.05, 3.63) is 30.1 Å². The molecular formula is C12H16FNO3S. The van der Waals surface area contributed by atoms with Gasteiger partial charge in [0.15, 0.2) is 0 Å². The zero-order valence-electron chi connectivity index (χ0n) is 10.1. The fourth-order valence-corrected chi connectivity index (χ4v) is 3.29. The zero-order chi connectivity index (χ0) is 13.2. The van der Waals surface area contributed by atoms with Crippen LogP contribution in [0, 0.1) is 5.82 Å². The summed E-state index contributed by atoms with van der Waals surface area (Å²) < 4.78 is 44.8. The van der Waals surface area contributed by atoms with Crippen molar-refractivity contribution in [1.29, 1.82) is 0 Å². The quantitative estimate of drug-likeness (QED) is 0.911. The second-order valence-electron chi connectivity index (χ2n) is 4.48. The molecule has 1 fully saturated rings. The average Bonchev–Trinajstić information content (AvgIpc) is 2.29. The fraction of sp³-hybridized carbons (Fsp3) is 0.500. The molecule has 0 spiro atoms. The zero-order valence-corrected chi connectivity index (χ0v) is 10.9. The Kier molecular flexibility index (Phi) is 3.99. The molecule has 1 aliphatic heterocycles. The van der Waals surface area contributed by atoms with Crippen LogP contribution in [0.3, 0.4) is 0 Å². The van der Waals surface area contributed by atoms with Crippen LogP contribution in [0.1, 0.15) is 19.8 Å². The van der Waals surface area contributed by atoms with Crippen molar-refractivity contribution in [3.63, 3.8) is 0 Å². The molecule has 0 aliphatic carbocycles. The molecule has 18 heavy (non-hydrogen) atoms. The molecule has 100 valence electrons. The normalized spacial score (nSPS) is 25.0. The summed E-state index contributed by atoms with van der Waals surface area (Å²) >= 11 is 0. The minimum Gasteiger partial charge on any atom is -0.378 e. The van der Waals surface area contributed by atoms with Gasteiger partial charge in [0.25, 0.3) is 0 Å². The van der Waals surface area contributed by atoms with Gasteiger partial charge in [0.2, 0.25) is 10.0 Å². The molecule has 1 aromatic rings. The third-order valence-corrected chi connectivity index (χ3v) is 4.47. The van der Waals surface area contributed by atoms with E-state index in [0.29, 0.717) is 19.4 Å². The Morgan fingerprint density at radius 2 is 2.00 bits per heavy atom. The number of ether oxygens (including phenoxy) is 1. The van der Waals surface area contributed by atoms with E-state index < -0.39 is 15.8 Å². The third kappa shape index (κ3) is 3.28. The maximum Gasteiger partial charge on any atom is 0.240 e. The van der Waals surface area contributed by atoms with Crippen molar-refractivity contribution in [3.8, 4) is 0 Å². The summed E-state index contributed by atoms with van der Waals surface area (Å²) in [6.07, 6.45) is 1.37. The lowest BCUT2D eigenvalue weighted by atomic mass is 10.1. The van der Waals surface area contributed by atoms with Gasteiger partial charge < -0.3 is 4.74 Å². The molecule has 1 aliphatic rings. The van der Waals surface area contributed by atoms with Crippen molar-refractivity contribution < 1.29 is 17.5 Å². The van der Waals surface area contributed by atoms with Crippen molar-refractivity contribution >= 4 is 10.0 Å². The topological polar surface area (TPSA) is 55.4 Å². The highest BCUT2D eigenvalue weighted by atomic mass is 32.2. The van der Waals surface area contributed by atoms with Gasteiger partial charge in [0.05, 0.1) is 11.0 Å². The Morgan fingerprint density at radius 1 is 1.33 bits per heavy atom. The number of sulfonamides is 1. The lowest BCUT2D eigenvalue weighted by molar-refractivity contribution is 0.0173. The number of rotatable bonds is 3. The summed E-state index contributed by atoms with van der Waals surface area (Å²) in [6.45, 7) is 2.47. The van der Waals surface area contributed by atoms with Gasteiger partial charge in [-0.15, -0.1) is 0 Å². The van der Waals surface area contributed by atoms with Crippen molar-refractivity contribution in [2.75, 3.05) is 6.61 Å². The average molecular weight is 273 g/mol. The Hall–Kier alpha value is -0.980. The summed E-state index contributed by atoms with van der Waals surface area (Å²) in [5.74, 6) is -0.450. The van der Waals surface area contributed by atoms with Gasteiger partial charge >= 0.3 is 0 Å². The predicted molar refractivity (Wildman–Crippen MR) is 65.2 cm³/mol. The van der Waals surface area contributed by atoms with Gasteiger partial charge in [-0.25, -0.2) is 17.5 Å². The molecule has 6 heteroatoms. The maximum absolute atomic E-state index is 12.8. The predicted octanol–water partition coefficient (Wildman–Crippen LogP) is 1.67. The van der Waals surface area contributed by atoms with E-state index >= 15 is 0 Å². The SMILES string of the molecule is CC1CC(NS(=O)(=O)c2ccc(F)cc2)CCO1. The van der Waals surface area contributed by atoms with E-state index in [0.717, 1.165) is 12.1 Å². The lowest BCUT2D eigenvalue weighted by Crippen LogP contribution is -2.41. The van der Waals surface area contributed by atoms with Crippen LogP contribution in [-0.4, -0.2) is 27.2 Å². The molecule has 1 N–H and O–H groups in total. The summed E-state index contributed by atoms with van der Waals surface area (Å²) in [5, 5.41) is 0. The minimum atomic E-state index is -3.57. The van der Waals surface area contributed by atoms with Crippen LogP contribution in [0.5, 0.6) is 0 Å². The molecular weight excluding hydrogens is 257 g/mol. The van der Waals surface area contributed by atoms with Gasteiger partial charge in [-0.05, 0) is 44.0 Å². The molecule has 0 amide bonds. The van der Waals surface area contributed by atoms with Crippen LogP contribution in [-0.2, 0) is 14.8 Å². The third-order valence-electron chi connectivity index (χ3n) is 2.93. The van der Waals surface area contributed by atoms with E-state index in [1.807, 2.05) is 6.92 Å². The molecule has 4 nitrogen and oxygen atoms in total. The number of benzene rings is 1. The van der Waals surface area contributed by atoms with Gasteiger partial charge in [-0.1, -0.05) is 0 Å². The van der Waals surface area contributed by atoms with Crippen LogP contribution in [0.4, 0.5) is 4.39 Å². The second-order valence-corrected chi connectivity index (χ2v) is 6.19. The van der Waals surface area contributed by atoms with Crippen molar-refractivity contribution in [2.45, 2.75) is 36.8 Å². The number of hydrogen-bond donors (Lipinski definition) is 1. The molecule has 0 bridgehead atoms. The fourth-order valence-electron chi connectivity index (χ4n) is 2.01. The number of halogens is 1. The number of hydrogen-bond acceptors (Lipinski definition) is 3. The maximum atomic E-state index is 12.8. The van der Waals surface area contributed by atoms with Crippen LogP contribution >= 0.6 is 0 Å². The molecule has 1 saturated heterocycles. The Labute approximate surface area is 106 Å². The largest absolute Gasteiger partial charge is 0.378 e. The molecule has 0 saturated carbocycles. The Balaban J connectivity index is 2.09. The summed E-state index contributed by atoms with van der Waals surface area (Å²) in [5.41, 5.74) is 0. The van der Waals surface area contributed by atoms with Crippen LogP contribution in [0.2, 0.25) is 0 Å². The molecule has 1 aromatic carbocycles. The first-order valence-electron chi connectivity index (χ1n) is 5.87. The highest BCUT2D eigenvalue weighted by Gasteiger charge is 2.24. The van der Waals surface area contributed by atoms with Crippen molar-refractivity contribution in [1.82, 2.24) is 4.72 Å². The first-order chi connectivity index (χ1) is 8.47. The Morgan fingerprint density at radius 3 is 2.61 bits per heavy atom. The highest BCUT2D eigenvalue weighted by molar-refractivity contribution is 7.89. The second kappa shape index (κ2) is 5.34. The minimum absolute atomic E-state index is 0.0552. The smallest absolute Gasteiger partial charge is 0.240 e. The van der Waals surface area contributed by atoms with Crippen molar-refractivity contribution in [2.24, 2.45) is 0 Å². The van der Waals surface area contributed by atoms with E-state index in [9.17, 15) is 12.8 Å². The number of nitrogens with one attached hydrogen (secondary N) is 1. The van der Waals surface area contributed by atoms with Crippen LogP contribution < -0.4 is 4.72 Å². The first kappa shape index (κ1) is 13.5. The molecule has 2 atom stereocenters. The van der Waals surface area contributed by atoms with Crippen LogP contribution in [0.25, 0.3) is 0 Å². The van der Waals surface area contributed by atoms with Gasteiger partial charge in [0.1, 0.15) is 5.82 Å². The molecule has 0 radical (unpaired) electrons. The molecule has 2 rings (SSSR count). The van der Waals surface area contributed by atoms with E-state index in [4.69, 9.17) is 4.74 Å². The lowest BCUT2D eigenvalue weighted by Gasteiger charge is -2.27. The first-order valence-corrected chi connectivity index (χ1v) is 7.35. The van der Waals surface area contributed by atoms with E-state index in [1.54, 1.807) is 0 Å². The monoisotopic (exact) mass is 273 g/mol. The molecule has 2 unspecified atom stereocenters. The van der Waals surface area contributed by atoms with Gasteiger partial charge in [-0.2, -0.15) is 0 Å².